The minimum Gasteiger partial charge on any atom is -0.477 e. The number of carboxylic acid groups (broad SMARTS) is 1. The van der Waals surface area contributed by atoms with Gasteiger partial charge in [0.15, 0.2) is 0 Å². The standard InChI is InChI=1S/C11H7Cl2NO4S2/c12-6-2-1-3-8(10(6)13)20(17,18)14-9-5-4-7(19-9)11(15)16/h1-5,14H,(H,15,16). The van der Waals surface area contributed by atoms with Crippen molar-refractivity contribution in [3.63, 3.8) is 0 Å². The Morgan fingerprint density at radius 2 is 1.90 bits per heavy atom. The number of carbonyl (C=O) groups is 1. The lowest BCUT2D eigenvalue weighted by atomic mass is 10.4. The zero-order valence-electron chi connectivity index (χ0n) is 9.63. The maximum Gasteiger partial charge on any atom is 0.345 e. The van der Waals surface area contributed by atoms with Gasteiger partial charge in [0.2, 0.25) is 0 Å². The number of halogens is 2. The summed E-state index contributed by atoms with van der Waals surface area (Å²) >= 11 is 12.4. The molecule has 0 aliphatic carbocycles. The van der Waals surface area contributed by atoms with Crippen LogP contribution in [-0.2, 0) is 10.0 Å². The first-order valence-electron chi connectivity index (χ1n) is 5.11. The van der Waals surface area contributed by atoms with Crippen molar-refractivity contribution in [2.75, 3.05) is 4.72 Å². The predicted molar refractivity (Wildman–Crippen MR) is 78.5 cm³/mol. The van der Waals surface area contributed by atoms with Gasteiger partial charge in [0.1, 0.15) is 14.8 Å². The molecular formula is C11H7Cl2NO4S2. The molecule has 5 nitrogen and oxygen atoms in total. The number of benzene rings is 1. The Balaban J connectivity index is 2.35. The topological polar surface area (TPSA) is 83.5 Å². The van der Waals surface area contributed by atoms with Crippen molar-refractivity contribution < 1.29 is 18.3 Å². The lowest BCUT2D eigenvalue weighted by molar-refractivity contribution is 0.0702. The number of aromatic carboxylic acids is 1. The molecule has 1 heterocycles. The number of hydrogen-bond donors (Lipinski definition) is 2. The molecule has 0 saturated heterocycles. The molecule has 1 aromatic carbocycles. The number of hydrogen-bond acceptors (Lipinski definition) is 4. The normalized spacial score (nSPS) is 11.3. The van der Waals surface area contributed by atoms with Gasteiger partial charge in [-0.3, -0.25) is 4.72 Å². The molecule has 0 unspecified atom stereocenters. The maximum absolute atomic E-state index is 12.2. The van der Waals surface area contributed by atoms with E-state index in [2.05, 4.69) is 4.72 Å². The number of thiophene rings is 1. The van der Waals surface area contributed by atoms with Crippen LogP contribution in [0.15, 0.2) is 35.2 Å². The average Bonchev–Trinajstić information content (AvgIpc) is 2.80. The third-order valence-corrected chi connectivity index (χ3v) is 5.71. The van der Waals surface area contributed by atoms with E-state index in [0.717, 1.165) is 11.3 Å². The van der Waals surface area contributed by atoms with E-state index in [0.29, 0.717) is 0 Å². The fourth-order valence-electron chi connectivity index (χ4n) is 1.39. The third kappa shape index (κ3) is 3.06. The van der Waals surface area contributed by atoms with E-state index in [-0.39, 0.29) is 24.8 Å². The van der Waals surface area contributed by atoms with Crippen LogP contribution in [-0.4, -0.2) is 19.5 Å². The lowest BCUT2D eigenvalue weighted by Crippen LogP contribution is -2.12. The smallest absolute Gasteiger partial charge is 0.345 e. The summed E-state index contributed by atoms with van der Waals surface area (Å²) in [6.07, 6.45) is 0. The average molecular weight is 352 g/mol. The minimum absolute atomic E-state index is 0.0277. The molecule has 0 atom stereocenters. The van der Waals surface area contributed by atoms with Crippen LogP contribution < -0.4 is 4.72 Å². The molecule has 0 aliphatic rings. The van der Waals surface area contributed by atoms with E-state index in [4.69, 9.17) is 28.3 Å². The van der Waals surface area contributed by atoms with Crippen LogP contribution in [0.2, 0.25) is 10.0 Å². The Morgan fingerprint density at radius 1 is 1.20 bits per heavy atom. The van der Waals surface area contributed by atoms with Gasteiger partial charge in [-0.15, -0.1) is 11.3 Å². The lowest BCUT2D eigenvalue weighted by Gasteiger charge is -2.08. The molecule has 2 aromatic rings. The van der Waals surface area contributed by atoms with Crippen LogP contribution in [0.4, 0.5) is 5.00 Å². The predicted octanol–water partition coefficient (Wildman–Crippen LogP) is 3.55. The number of rotatable bonds is 4. The summed E-state index contributed by atoms with van der Waals surface area (Å²) in [5.74, 6) is -1.12. The van der Waals surface area contributed by atoms with E-state index in [1.165, 1.54) is 30.3 Å². The van der Waals surface area contributed by atoms with Crippen molar-refractivity contribution in [3.8, 4) is 0 Å². The van der Waals surface area contributed by atoms with E-state index in [1.807, 2.05) is 0 Å². The fraction of sp³-hybridized carbons (Fsp3) is 0. The van der Waals surface area contributed by atoms with Crippen molar-refractivity contribution in [2.24, 2.45) is 0 Å². The Hall–Kier alpha value is -1.28. The van der Waals surface area contributed by atoms with Gasteiger partial charge in [-0.1, -0.05) is 29.3 Å². The fourth-order valence-corrected chi connectivity index (χ4v) is 4.19. The molecule has 20 heavy (non-hydrogen) atoms. The van der Waals surface area contributed by atoms with E-state index in [1.54, 1.807) is 0 Å². The van der Waals surface area contributed by atoms with Crippen LogP contribution in [0.3, 0.4) is 0 Å². The minimum atomic E-state index is -3.93. The van der Waals surface area contributed by atoms with Crippen LogP contribution in [0.5, 0.6) is 0 Å². The second-order valence-electron chi connectivity index (χ2n) is 3.63. The molecule has 0 amide bonds. The van der Waals surface area contributed by atoms with Crippen LogP contribution in [0.25, 0.3) is 0 Å². The maximum atomic E-state index is 12.2. The summed E-state index contributed by atoms with van der Waals surface area (Å²) in [6.45, 7) is 0. The van der Waals surface area contributed by atoms with Gasteiger partial charge in [0, 0.05) is 0 Å². The molecule has 0 radical (unpaired) electrons. The zero-order chi connectivity index (χ0) is 14.9. The van der Waals surface area contributed by atoms with Gasteiger partial charge >= 0.3 is 5.97 Å². The highest BCUT2D eigenvalue weighted by molar-refractivity contribution is 7.93. The van der Waals surface area contributed by atoms with E-state index < -0.39 is 16.0 Å². The molecule has 2 N–H and O–H groups in total. The molecular weight excluding hydrogens is 345 g/mol. The Morgan fingerprint density at radius 3 is 2.50 bits per heavy atom. The third-order valence-electron chi connectivity index (χ3n) is 2.26. The summed E-state index contributed by atoms with van der Waals surface area (Å²) in [7, 11) is -3.93. The number of nitrogens with one attached hydrogen (secondary N) is 1. The van der Waals surface area contributed by atoms with Crippen molar-refractivity contribution in [1.29, 1.82) is 0 Å². The molecule has 0 spiro atoms. The first-order chi connectivity index (χ1) is 9.31. The van der Waals surface area contributed by atoms with Gasteiger partial charge in [-0.2, -0.15) is 0 Å². The van der Waals surface area contributed by atoms with Gasteiger partial charge in [-0.05, 0) is 24.3 Å². The Kier molecular flexibility index (Phi) is 4.24. The monoisotopic (exact) mass is 351 g/mol. The van der Waals surface area contributed by atoms with Gasteiger partial charge < -0.3 is 5.11 Å². The highest BCUT2D eigenvalue weighted by Gasteiger charge is 2.20. The highest BCUT2D eigenvalue weighted by atomic mass is 35.5. The molecule has 0 saturated carbocycles. The quantitative estimate of drug-likeness (QED) is 0.881. The Labute approximate surface area is 128 Å². The summed E-state index contributed by atoms with van der Waals surface area (Å²) < 4.78 is 26.6. The number of carboxylic acids is 1. The zero-order valence-corrected chi connectivity index (χ0v) is 12.8. The van der Waals surface area contributed by atoms with Crippen molar-refractivity contribution in [1.82, 2.24) is 0 Å². The largest absolute Gasteiger partial charge is 0.477 e. The molecule has 1 aromatic heterocycles. The van der Waals surface area contributed by atoms with Crippen molar-refractivity contribution >= 4 is 55.5 Å². The van der Waals surface area contributed by atoms with Crippen LogP contribution >= 0.6 is 34.5 Å². The molecule has 9 heteroatoms. The molecule has 0 bridgehead atoms. The molecule has 2 rings (SSSR count). The molecule has 0 aliphatic heterocycles. The number of anilines is 1. The highest BCUT2D eigenvalue weighted by Crippen LogP contribution is 2.31. The summed E-state index contributed by atoms with van der Waals surface area (Å²) in [5, 5.41) is 9.00. The Bertz CT molecular complexity index is 770. The SMILES string of the molecule is O=C(O)c1ccc(NS(=O)(=O)c2cccc(Cl)c2Cl)s1. The number of sulfonamides is 1. The second kappa shape index (κ2) is 5.61. The van der Waals surface area contributed by atoms with Crippen molar-refractivity contribution in [2.45, 2.75) is 4.90 Å². The van der Waals surface area contributed by atoms with Gasteiger partial charge in [-0.25, -0.2) is 13.2 Å². The summed E-state index contributed by atoms with van der Waals surface area (Å²) in [6, 6.07) is 6.91. The second-order valence-corrected chi connectivity index (χ2v) is 7.15. The van der Waals surface area contributed by atoms with Crippen LogP contribution in [0.1, 0.15) is 9.67 Å². The van der Waals surface area contributed by atoms with E-state index >= 15 is 0 Å². The first-order valence-corrected chi connectivity index (χ1v) is 8.17. The van der Waals surface area contributed by atoms with Crippen molar-refractivity contribution in [3.05, 3.63) is 45.3 Å². The van der Waals surface area contributed by atoms with E-state index in [9.17, 15) is 13.2 Å². The molecule has 106 valence electrons. The van der Waals surface area contributed by atoms with Crippen LogP contribution in [0, 0.1) is 0 Å². The summed E-state index contributed by atoms with van der Waals surface area (Å²) in [4.78, 5) is 10.6. The van der Waals surface area contributed by atoms with Gasteiger partial charge in [0.25, 0.3) is 10.0 Å². The van der Waals surface area contributed by atoms with Gasteiger partial charge in [0.05, 0.1) is 10.0 Å². The summed E-state index contributed by atoms with van der Waals surface area (Å²) in [5.41, 5.74) is 0. The molecule has 0 fully saturated rings. The first kappa shape index (κ1) is 15.1.